The maximum absolute atomic E-state index is 11.9. The standard InChI is InChI=1S/C13H18N2O3.ClH/c1-18-9-4-5-12(16)10(6-9)13(17)15-7-11(14)8-2-3-8;/h4-6,8,11,16H,2-3,7,14H2,1H3,(H,15,17);1H. The second-order valence-electron chi connectivity index (χ2n) is 4.59. The van der Waals surface area contributed by atoms with Crippen LogP contribution in [0.3, 0.4) is 0 Å². The number of hydrogen-bond acceptors (Lipinski definition) is 4. The number of methoxy groups -OCH3 is 1. The van der Waals surface area contributed by atoms with Gasteiger partial charge in [-0.05, 0) is 37.0 Å². The highest BCUT2D eigenvalue weighted by atomic mass is 35.5. The molecule has 5 nitrogen and oxygen atoms in total. The molecule has 1 aromatic carbocycles. The zero-order chi connectivity index (χ0) is 13.1. The van der Waals surface area contributed by atoms with E-state index in [2.05, 4.69) is 5.32 Å². The van der Waals surface area contributed by atoms with Gasteiger partial charge in [0, 0.05) is 12.6 Å². The van der Waals surface area contributed by atoms with Gasteiger partial charge < -0.3 is 20.9 Å². The quantitative estimate of drug-likeness (QED) is 0.761. The van der Waals surface area contributed by atoms with Gasteiger partial charge in [-0.1, -0.05) is 0 Å². The number of phenols is 1. The van der Waals surface area contributed by atoms with Gasteiger partial charge in [0.05, 0.1) is 12.7 Å². The molecule has 6 heteroatoms. The largest absolute Gasteiger partial charge is 0.507 e. The lowest BCUT2D eigenvalue weighted by Gasteiger charge is -2.12. The van der Waals surface area contributed by atoms with Gasteiger partial charge in [-0.25, -0.2) is 0 Å². The first-order chi connectivity index (χ1) is 8.61. The summed E-state index contributed by atoms with van der Waals surface area (Å²) in [5.74, 6) is 0.671. The van der Waals surface area contributed by atoms with Crippen LogP contribution in [-0.2, 0) is 0 Å². The van der Waals surface area contributed by atoms with Crippen molar-refractivity contribution in [2.75, 3.05) is 13.7 Å². The maximum Gasteiger partial charge on any atom is 0.255 e. The Morgan fingerprint density at radius 2 is 2.26 bits per heavy atom. The monoisotopic (exact) mass is 286 g/mol. The number of phenolic OH excluding ortho intramolecular Hbond substituents is 1. The average molecular weight is 287 g/mol. The van der Waals surface area contributed by atoms with Crippen molar-refractivity contribution in [2.24, 2.45) is 11.7 Å². The molecule has 1 unspecified atom stereocenters. The predicted octanol–water partition coefficient (Wildman–Crippen LogP) is 1.29. The molecule has 0 bridgehead atoms. The number of amides is 1. The lowest BCUT2D eigenvalue weighted by molar-refractivity contribution is 0.0947. The van der Waals surface area contributed by atoms with E-state index >= 15 is 0 Å². The number of ether oxygens (including phenoxy) is 1. The molecular weight excluding hydrogens is 268 g/mol. The van der Waals surface area contributed by atoms with E-state index in [0.29, 0.717) is 18.2 Å². The molecule has 1 aliphatic rings. The van der Waals surface area contributed by atoms with E-state index in [1.54, 1.807) is 6.07 Å². The van der Waals surface area contributed by atoms with E-state index in [4.69, 9.17) is 10.5 Å². The van der Waals surface area contributed by atoms with Crippen LogP contribution in [0.4, 0.5) is 0 Å². The van der Waals surface area contributed by atoms with Gasteiger partial charge in [0.15, 0.2) is 0 Å². The summed E-state index contributed by atoms with van der Waals surface area (Å²) >= 11 is 0. The number of carbonyl (C=O) groups is 1. The van der Waals surface area contributed by atoms with E-state index in [1.165, 1.54) is 19.2 Å². The Morgan fingerprint density at radius 3 is 2.84 bits per heavy atom. The Balaban J connectivity index is 0.00000180. The fourth-order valence-electron chi connectivity index (χ4n) is 1.82. The molecule has 0 radical (unpaired) electrons. The minimum Gasteiger partial charge on any atom is -0.507 e. The summed E-state index contributed by atoms with van der Waals surface area (Å²) < 4.78 is 5.02. The van der Waals surface area contributed by atoms with Crippen LogP contribution in [0.2, 0.25) is 0 Å². The van der Waals surface area contributed by atoms with Crippen molar-refractivity contribution < 1.29 is 14.6 Å². The molecule has 1 aromatic rings. The molecule has 1 saturated carbocycles. The first-order valence-corrected chi connectivity index (χ1v) is 6.02. The molecule has 0 aliphatic heterocycles. The number of carbonyl (C=O) groups excluding carboxylic acids is 1. The lowest BCUT2D eigenvalue weighted by Crippen LogP contribution is -2.38. The van der Waals surface area contributed by atoms with Gasteiger partial charge in [0.2, 0.25) is 0 Å². The highest BCUT2D eigenvalue weighted by molar-refractivity contribution is 5.97. The molecule has 0 saturated heterocycles. The maximum atomic E-state index is 11.9. The van der Waals surface area contributed by atoms with Gasteiger partial charge in [-0.15, -0.1) is 12.4 Å². The van der Waals surface area contributed by atoms with Crippen molar-refractivity contribution in [3.63, 3.8) is 0 Å². The number of benzene rings is 1. The smallest absolute Gasteiger partial charge is 0.255 e. The van der Waals surface area contributed by atoms with Crippen molar-refractivity contribution in [3.8, 4) is 11.5 Å². The molecular formula is C13H19ClN2O3. The molecule has 1 amide bonds. The molecule has 0 spiro atoms. The highest BCUT2D eigenvalue weighted by Crippen LogP contribution is 2.31. The minimum absolute atomic E-state index is 0. The first kappa shape index (κ1) is 15.6. The van der Waals surface area contributed by atoms with Crippen LogP contribution in [-0.4, -0.2) is 30.7 Å². The molecule has 1 aliphatic carbocycles. The summed E-state index contributed by atoms with van der Waals surface area (Å²) in [5, 5.41) is 12.4. The van der Waals surface area contributed by atoms with Crippen molar-refractivity contribution in [1.82, 2.24) is 5.32 Å². The Hall–Kier alpha value is -1.46. The number of nitrogens with one attached hydrogen (secondary N) is 1. The van der Waals surface area contributed by atoms with Gasteiger partial charge in [0.1, 0.15) is 11.5 Å². The number of halogens is 1. The zero-order valence-corrected chi connectivity index (χ0v) is 11.6. The fraction of sp³-hybridized carbons (Fsp3) is 0.462. The predicted molar refractivity (Wildman–Crippen MR) is 74.9 cm³/mol. The molecule has 0 aromatic heterocycles. The summed E-state index contributed by atoms with van der Waals surface area (Å²) in [6.07, 6.45) is 2.28. The Morgan fingerprint density at radius 1 is 1.58 bits per heavy atom. The second kappa shape index (κ2) is 6.63. The van der Waals surface area contributed by atoms with Gasteiger partial charge in [0.25, 0.3) is 5.91 Å². The summed E-state index contributed by atoms with van der Waals surface area (Å²) in [7, 11) is 1.51. The summed E-state index contributed by atoms with van der Waals surface area (Å²) in [6, 6.07) is 4.55. The first-order valence-electron chi connectivity index (χ1n) is 6.02. The molecule has 106 valence electrons. The van der Waals surface area contributed by atoms with Crippen LogP contribution < -0.4 is 15.8 Å². The summed E-state index contributed by atoms with van der Waals surface area (Å²) in [4.78, 5) is 11.9. The van der Waals surface area contributed by atoms with Crippen LogP contribution in [0, 0.1) is 5.92 Å². The SMILES string of the molecule is COc1ccc(O)c(C(=O)NCC(N)C2CC2)c1.Cl. The lowest BCUT2D eigenvalue weighted by atomic mass is 10.1. The normalized spacial score (nSPS) is 15.3. The summed E-state index contributed by atoms with van der Waals surface area (Å²) in [6.45, 7) is 0.431. The van der Waals surface area contributed by atoms with Crippen LogP contribution in [0.5, 0.6) is 11.5 Å². The van der Waals surface area contributed by atoms with Crippen molar-refractivity contribution in [2.45, 2.75) is 18.9 Å². The Kier molecular flexibility index (Phi) is 5.44. The van der Waals surface area contributed by atoms with E-state index in [-0.39, 0.29) is 35.7 Å². The molecule has 1 atom stereocenters. The molecule has 4 N–H and O–H groups in total. The topological polar surface area (TPSA) is 84.6 Å². The molecule has 2 rings (SSSR count). The minimum atomic E-state index is -0.331. The van der Waals surface area contributed by atoms with E-state index < -0.39 is 0 Å². The Labute approximate surface area is 118 Å². The molecule has 19 heavy (non-hydrogen) atoms. The van der Waals surface area contributed by atoms with Crippen LogP contribution >= 0.6 is 12.4 Å². The van der Waals surface area contributed by atoms with Crippen molar-refractivity contribution in [1.29, 1.82) is 0 Å². The van der Waals surface area contributed by atoms with E-state index in [1.807, 2.05) is 0 Å². The second-order valence-corrected chi connectivity index (χ2v) is 4.59. The third kappa shape index (κ3) is 4.01. The molecule has 0 heterocycles. The van der Waals surface area contributed by atoms with Crippen molar-refractivity contribution >= 4 is 18.3 Å². The number of nitrogens with two attached hydrogens (primary N) is 1. The highest BCUT2D eigenvalue weighted by Gasteiger charge is 2.28. The van der Waals surface area contributed by atoms with Gasteiger partial charge >= 0.3 is 0 Å². The third-order valence-electron chi connectivity index (χ3n) is 3.17. The van der Waals surface area contributed by atoms with E-state index in [9.17, 15) is 9.90 Å². The van der Waals surface area contributed by atoms with Crippen molar-refractivity contribution in [3.05, 3.63) is 23.8 Å². The van der Waals surface area contributed by atoms with Crippen LogP contribution in [0.25, 0.3) is 0 Å². The van der Waals surface area contributed by atoms with E-state index in [0.717, 1.165) is 12.8 Å². The number of rotatable bonds is 5. The van der Waals surface area contributed by atoms with Crippen LogP contribution in [0.1, 0.15) is 23.2 Å². The summed E-state index contributed by atoms with van der Waals surface area (Å²) in [5.41, 5.74) is 6.10. The average Bonchev–Trinajstić information content (AvgIpc) is 3.20. The fourth-order valence-corrected chi connectivity index (χ4v) is 1.82. The van der Waals surface area contributed by atoms with Crippen LogP contribution in [0.15, 0.2) is 18.2 Å². The Bertz CT molecular complexity index is 450. The van der Waals surface area contributed by atoms with Gasteiger partial charge in [-0.2, -0.15) is 0 Å². The van der Waals surface area contributed by atoms with Gasteiger partial charge in [-0.3, -0.25) is 4.79 Å². The molecule has 1 fully saturated rings. The number of aromatic hydroxyl groups is 1. The zero-order valence-electron chi connectivity index (χ0n) is 10.8. The number of hydrogen-bond donors (Lipinski definition) is 3. The third-order valence-corrected chi connectivity index (χ3v) is 3.17.